The minimum absolute atomic E-state index is 0.255. The summed E-state index contributed by atoms with van der Waals surface area (Å²) in [4.78, 5) is 22.3. The topological polar surface area (TPSA) is 120 Å². The number of rotatable bonds is 8. The fraction of sp³-hybridized carbons (Fsp3) is 0.688. The van der Waals surface area contributed by atoms with Gasteiger partial charge in [-0.3, -0.25) is 4.57 Å². The summed E-state index contributed by atoms with van der Waals surface area (Å²) in [6.07, 6.45) is 0.436. The molecule has 1 aliphatic heterocycles. The first kappa shape index (κ1) is 19.5. The molecule has 0 saturated carbocycles. The Morgan fingerprint density at radius 2 is 2.00 bits per heavy atom. The van der Waals surface area contributed by atoms with Crippen LogP contribution in [0.3, 0.4) is 0 Å². The summed E-state index contributed by atoms with van der Waals surface area (Å²) in [6.45, 7) is 5.45. The summed E-state index contributed by atoms with van der Waals surface area (Å²) in [6, 6.07) is 1.53. The molecular weight excluding hydrogens is 328 g/mol. The molecule has 4 atom stereocenters. The molecule has 140 valence electrons. The highest BCUT2D eigenvalue weighted by molar-refractivity contribution is 5.59. The number of hydrogen-bond acceptors (Lipinski definition) is 7. The molecule has 0 aliphatic carbocycles. The maximum Gasteiger partial charge on any atom is 0.351 e. The first-order valence-electron chi connectivity index (χ1n) is 8.51. The maximum atomic E-state index is 12.2. The molecule has 1 aromatic heterocycles. The van der Waals surface area contributed by atoms with E-state index >= 15 is 0 Å². The lowest BCUT2D eigenvalue weighted by atomic mass is 10.1. The molecule has 1 aromatic rings. The van der Waals surface area contributed by atoms with Crippen molar-refractivity contribution in [3.8, 4) is 0 Å². The zero-order chi connectivity index (χ0) is 18.4. The van der Waals surface area contributed by atoms with Crippen molar-refractivity contribution in [3.63, 3.8) is 0 Å². The van der Waals surface area contributed by atoms with Gasteiger partial charge in [-0.25, -0.2) is 9.79 Å². The molecule has 9 nitrogen and oxygen atoms in total. The first-order chi connectivity index (χ1) is 12.0. The van der Waals surface area contributed by atoms with Crippen LogP contribution < -0.4 is 5.69 Å². The molecule has 1 fully saturated rings. The Bertz CT molecular complexity index is 629. The summed E-state index contributed by atoms with van der Waals surface area (Å²) in [5.74, 6) is 0.255. The van der Waals surface area contributed by atoms with E-state index in [1.165, 1.54) is 12.3 Å². The van der Waals surface area contributed by atoms with Crippen molar-refractivity contribution in [2.45, 2.75) is 51.2 Å². The molecule has 1 aliphatic rings. The van der Waals surface area contributed by atoms with Crippen LogP contribution in [0.5, 0.6) is 0 Å². The highest BCUT2D eigenvalue weighted by atomic mass is 16.6. The van der Waals surface area contributed by atoms with Gasteiger partial charge in [0.25, 0.3) is 0 Å². The third kappa shape index (κ3) is 4.63. The van der Waals surface area contributed by atoms with Gasteiger partial charge in [-0.05, 0) is 18.9 Å². The molecule has 0 amide bonds. The van der Waals surface area contributed by atoms with Crippen molar-refractivity contribution in [1.82, 2.24) is 14.5 Å². The molecule has 9 heteroatoms. The van der Waals surface area contributed by atoms with Gasteiger partial charge in [0.1, 0.15) is 18.3 Å². The summed E-state index contributed by atoms with van der Waals surface area (Å²) in [5.41, 5.74) is -0.651. The van der Waals surface area contributed by atoms with Crippen LogP contribution in [0.25, 0.3) is 0 Å². The zero-order valence-electron chi connectivity index (χ0n) is 14.5. The standard InChI is InChI=1S/C16H26N4O5/c1-3-6-19(7-4-2)10-17-12-5-8-20(16(24)18-12)15-14(23)13(22)11(9-21)25-15/h5,8,10-11,13-15,21-23H,3-4,6-7,9H2,1-2H3. The van der Waals surface area contributed by atoms with Gasteiger partial charge in [0.05, 0.1) is 12.9 Å². The number of aliphatic imine (C=N–C) groups is 1. The van der Waals surface area contributed by atoms with E-state index in [9.17, 15) is 15.0 Å². The van der Waals surface area contributed by atoms with E-state index in [-0.39, 0.29) is 5.82 Å². The predicted molar refractivity (Wildman–Crippen MR) is 91.8 cm³/mol. The second kappa shape index (κ2) is 9.04. The summed E-state index contributed by atoms with van der Waals surface area (Å²) >= 11 is 0. The Morgan fingerprint density at radius 3 is 2.52 bits per heavy atom. The van der Waals surface area contributed by atoms with Gasteiger partial charge in [0, 0.05) is 19.3 Å². The van der Waals surface area contributed by atoms with Crippen molar-refractivity contribution in [1.29, 1.82) is 0 Å². The van der Waals surface area contributed by atoms with E-state index in [0.29, 0.717) is 0 Å². The number of aromatic nitrogens is 2. The Hall–Kier alpha value is -1.81. The van der Waals surface area contributed by atoms with Gasteiger partial charge in [0.15, 0.2) is 12.0 Å². The largest absolute Gasteiger partial charge is 0.394 e. The Labute approximate surface area is 146 Å². The van der Waals surface area contributed by atoms with Crippen molar-refractivity contribution >= 4 is 12.2 Å². The van der Waals surface area contributed by atoms with Gasteiger partial charge in [-0.2, -0.15) is 4.98 Å². The number of aliphatic hydroxyl groups is 3. The second-order valence-electron chi connectivity index (χ2n) is 5.98. The van der Waals surface area contributed by atoms with Gasteiger partial charge in [-0.15, -0.1) is 0 Å². The second-order valence-corrected chi connectivity index (χ2v) is 5.98. The fourth-order valence-electron chi connectivity index (χ4n) is 2.72. The maximum absolute atomic E-state index is 12.2. The minimum atomic E-state index is -1.32. The predicted octanol–water partition coefficient (Wildman–Crippen LogP) is -0.363. The number of nitrogens with zero attached hydrogens (tertiary/aromatic N) is 4. The third-order valence-corrected chi connectivity index (χ3v) is 3.98. The van der Waals surface area contributed by atoms with E-state index in [2.05, 4.69) is 28.7 Å². The number of aliphatic hydroxyl groups excluding tert-OH is 3. The van der Waals surface area contributed by atoms with Crippen LogP contribution in [0, 0.1) is 0 Å². The average molecular weight is 354 g/mol. The fourth-order valence-corrected chi connectivity index (χ4v) is 2.72. The van der Waals surface area contributed by atoms with E-state index in [0.717, 1.165) is 30.5 Å². The van der Waals surface area contributed by atoms with Gasteiger partial charge in [0.2, 0.25) is 0 Å². The highest BCUT2D eigenvalue weighted by Crippen LogP contribution is 2.28. The average Bonchev–Trinajstić information content (AvgIpc) is 2.88. The van der Waals surface area contributed by atoms with Crippen LogP contribution in [0.4, 0.5) is 5.82 Å². The molecule has 4 unspecified atom stereocenters. The lowest BCUT2D eigenvalue weighted by Gasteiger charge is -2.18. The Kier molecular flexibility index (Phi) is 7.06. The van der Waals surface area contributed by atoms with Crippen molar-refractivity contribution in [2.24, 2.45) is 4.99 Å². The van der Waals surface area contributed by atoms with Crippen molar-refractivity contribution in [2.75, 3.05) is 19.7 Å². The van der Waals surface area contributed by atoms with Crippen molar-refractivity contribution in [3.05, 3.63) is 22.7 Å². The van der Waals surface area contributed by atoms with Crippen molar-refractivity contribution < 1.29 is 20.1 Å². The molecule has 0 radical (unpaired) electrons. The lowest BCUT2D eigenvalue weighted by Crippen LogP contribution is -2.35. The Morgan fingerprint density at radius 1 is 1.32 bits per heavy atom. The van der Waals surface area contributed by atoms with Gasteiger partial charge >= 0.3 is 5.69 Å². The van der Waals surface area contributed by atoms with Crippen LogP contribution in [-0.2, 0) is 4.74 Å². The quantitative estimate of drug-likeness (QED) is 0.430. The Balaban J connectivity index is 2.14. The molecule has 2 heterocycles. The molecule has 0 bridgehead atoms. The van der Waals surface area contributed by atoms with Crippen LogP contribution in [0.2, 0.25) is 0 Å². The molecule has 25 heavy (non-hydrogen) atoms. The summed E-state index contributed by atoms with van der Waals surface area (Å²) in [5, 5.41) is 28.9. The molecule has 1 saturated heterocycles. The molecule has 0 spiro atoms. The number of ether oxygens (including phenoxy) is 1. The molecule has 2 rings (SSSR count). The van der Waals surface area contributed by atoms with Crippen LogP contribution in [0.15, 0.2) is 22.1 Å². The third-order valence-electron chi connectivity index (χ3n) is 3.98. The summed E-state index contributed by atoms with van der Waals surface area (Å²) in [7, 11) is 0. The number of hydrogen-bond donors (Lipinski definition) is 3. The smallest absolute Gasteiger partial charge is 0.351 e. The zero-order valence-corrected chi connectivity index (χ0v) is 14.5. The van der Waals surface area contributed by atoms with E-state index in [1.807, 2.05) is 0 Å². The normalized spacial score (nSPS) is 26.4. The highest BCUT2D eigenvalue weighted by Gasteiger charge is 2.43. The lowest BCUT2D eigenvalue weighted by molar-refractivity contribution is -0.0549. The minimum Gasteiger partial charge on any atom is -0.394 e. The van der Waals surface area contributed by atoms with Crippen LogP contribution >= 0.6 is 0 Å². The van der Waals surface area contributed by atoms with Gasteiger partial charge < -0.3 is 25.0 Å². The monoisotopic (exact) mass is 354 g/mol. The van der Waals surface area contributed by atoms with E-state index in [4.69, 9.17) is 9.84 Å². The van der Waals surface area contributed by atoms with Crippen LogP contribution in [-0.4, -0.2) is 74.1 Å². The van der Waals surface area contributed by atoms with Crippen LogP contribution in [0.1, 0.15) is 32.9 Å². The SMILES string of the molecule is CCCN(C=Nc1ccn(C2OC(CO)C(O)C2O)c(=O)n1)CCC. The molecule has 3 N–H and O–H groups in total. The first-order valence-corrected chi connectivity index (χ1v) is 8.51. The van der Waals surface area contributed by atoms with Gasteiger partial charge in [-0.1, -0.05) is 13.8 Å². The van der Waals surface area contributed by atoms with E-state index in [1.54, 1.807) is 6.34 Å². The molecular formula is C16H26N4O5. The van der Waals surface area contributed by atoms with E-state index < -0.39 is 36.8 Å². The summed E-state index contributed by atoms with van der Waals surface area (Å²) < 4.78 is 6.41. The molecule has 0 aromatic carbocycles.